The number of benzene rings is 1. The molecule has 0 heterocycles. The van der Waals surface area contributed by atoms with Gasteiger partial charge < -0.3 is 9.87 Å². The van der Waals surface area contributed by atoms with Crippen molar-refractivity contribution in [2.24, 2.45) is 0 Å². The second-order valence-corrected chi connectivity index (χ2v) is 7.19. The van der Waals surface area contributed by atoms with E-state index in [2.05, 4.69) is 17.4 Å². The predicted molar refractivity (Wildman–Crippen MR) is 78.5 cm³/mol. The fraction of sp³-hybridized carbons (Fsp3) is 0.533. The van der Waals surface area contributed by atoms with E-state index in [4.69, 9.17) is 0 Å². The summed E-state index contributed by atoms with van der Waals surface area (Å²) in [5.74, 6) is 0.468. The van der Waals surface area contributed by atoms with Crippen LogP contribution >= 0.6 is 0 Å². The summed E-state index contributed by atoms with van der Waals surface area (Å²) in [7, 11) is 0. The van der Waals surface area contributed by atoms with E-state index in [9.17, 15) is 9.35 Å². The molecule has 2 rings (SSSR count). The molecule has 0 saturated heterocycles. The molecule has 4 heteroatoms. The molecular formula is C15H21NO2S. The first-order valence-corrected chi connectivity index (χ1v) is 8.18. The molecule has 1 unspecified atom stereocenters. The van der Waals surface area contributed by atoms with Crippen LogP contribution in [0.4, 0.5) is 0 Å². The van der Waals surface area contributed by atoms with Crippen LogP contribution in [0.1, 0.15) is 31.4 Å². The molecule has 1 N–H and O–H groups in total. The average Bonchev–Trinajstić information content (AvgIpc) is 2.78. The summed E-state index contributed by atoms with van der Waals surface area (Å²) in [5.41, 5.74) is 2.62. The summed E-state index contributed by atoms with van der Waals surface area (Å²) < 4.78 is 12.2. The fourth-order valence-corrected chi connectivity index (χ4v) is 3.91. The Morgan fingerprint density at radius 3 is 2.47 bits per heavy atom. The van der Waals surface area contributed by atoms with E-state index in [0.29, 0.717) is 12.2 Å². The molecule has 1 atom stereocenters. The third kappa shape index (κ3) is 3.98. The number of nitrogens with one attached hydrogen (secondary N) is 1. The Bertz CT molecular complexity index is 423. The van der Waals surface area contributed by atoms with Gasteiger partial charge in [-0.25, -0.2) is 0 Å². The minimum atomic E-state index is -0.918. The van der Waals surface area contributed by atoms with E-state index in [1.165, 1.54) is 11.1 Å². The molecule has 0 aromatic heterocycles. The zero-order valence-electron chi connectivity index (χ0n) is 11.5. The Kier molecular flexibility index (Phi) is 4.88. The van der Waals surface area contributed by atoms with Gasteiger partial charge in [-0.15, -0.1) is 0 Å². The highest BCUT2D eigenvalue weighted by atomic mass is 32.2. The monoisotopic (exact) mass is 279 g/mol. The summed E-state index contributed by atoms with van der Waals surface area (Å²) in [6, 6.07) is 8.42. The maximum absolute atomic E-state index is 12.2. The predicted octanol–water partition coefficient (Wildman–Crippen LogP) is 1.82. The van der Waals surface area contributed by atoms with Crippen molar-refractivity contribution in [3.63, 3.8) is 0 Å². The Balaban J connectivity index is 1.80. The lowest BCUT2D eigenvalue weighted by Gasteiger charge is -2.17. The highest BCUT2D eigenvalue weighted by Crippen LogP contribution is 2.26. The van der Waals surface area contributed by atoms with Gasteiger partial charge in [0.2, 0.25) is 5.91 Å². The lowest BCUT2D eigenvalue weighted by atomic mass is 10.1. The molecule has 0 saturated carbocycles. The van der Waals surface area contributed by atoms with Crippen molar-refractivity contribution >= 4 is 17.1 Å². The average molecular weight is 279 g/mol. The van der Waals surface area contributed by atoms with Crippen LogP contribution in [0.15, 0.2) is 24.3 Å². The normalized spacial score (nSPS) is 16.4. The lowest BCUT2D eigenvalue weighted by molar-refractivity contribution is -0.121. The van der Waals surface area contributed by atoms with Crippen molar-refractivity contribution in [1.82, 2.24) is 5.32 Å². The van der Waals surface area contributed by atoms with E-state index in [0.717, 1.165) is 12.8 Å². The van der Waals surface area contributed by atoms with Gasteiger partial charge in [-0.2, -0.15) is 0 Å². The second kappa shape index (κ2) is 6.44. The molecule has 0 fully saturated rings. The zero-order chi connectivity index (χ0) is 13.8. The number of carbonyl (C=O) groups excluding carboxylic acids is 1. The minimum absolute atomic E-state index is 0.00105. The molecule has 1 aromatic rings. The molecule has 0 spiro atoms. The smallest absolute Gasteiger partial charge is 0.224 e. The first-order valence-electron chi connectivity index (χ1n) is 6.79. The van der Waals surface area contributed by atoms with E-state index >= 15 is 0 Å². The van der Waals surface area contributed by atoms with Gasteiger partial charge in [-0.05, 0) is 36.2 Å². The number of hydrogen-bond donors (Lipinski definition) is 1. The third-order valence-corrected chi connectivity index (χ3v) is 5.05. The van der Waals surface area contributed by atoms with E-state index < -0.39 is 11.2 Å². The summed E-state index contributed by atoms with van der Waals surface area (Å²) in [6.45, 7) is 3.87. The Hall–Kier alpha value is -1.00. The van der Waals surface area contributed by atoms with Crippen LogP contribution in [0.2, 0.25) is 0 Å². The number of amides is 1. The van der Waals surface area contributed by atoms with Crippen molar-refractivity contribution in [3.8, 4) is 0 Å². The van der Waals surface area contributed by atoms with Crippen LogP contribution in [-0.2, 0) is 28.8 Å². The van der Waals surface area contributed by atoms with Gasteiger partial charge >= 0.3 is 0 Å². The van der Waals surface area contributed by atoms with Crippen LogP contribution in [-0.4, -0.2) is 27.5 Å². The minimum Gasteiger partial charge on any atom is -0.616 e. The Morgan fingerprint density at radius 1 is 1.37 bits per heavy atom. The van der Waals surface area contributed by atoms with Crippen LogP contribution in [0.3, 0.4) is 0 Å². The molecule has 1 aromatic carbocycles. The van der Waals surface area contributed by atoms with Gasteiger partial charge in [0, 0.05) is 18.9 Å². The van der Waals surface area contributed by atoms with Gasteiger partial charge in [-0.3, -0.25) is 4.79 Å². The molecule has 0 bridgehead atoms. The van der Waals surface area contributed by atoms with Gasteiger partial charge in [0.15, 0.2) is 0 Å². The maximum Gasteiger partial charge on any atom is 0.224 e. The number of rotatable bonds is 5. The van der Waals surface area contributed by atoms with Gasteiger partial charge in [0.25, 0.3) is 0 Å². The topological polar surface area (TPSA) is 52.2 Å². The number of hydrogen-bond acceptors (Lipinski definition) is 2. The molecule has 0 radical (unpaired) electrons. The van der Waals surface area contributed by atoms with Crippen molar-refractivity contribution in [3.05, 3.63) is 35.4 Å². The van der Waals surface area contributed by atoms with Crippen LogP contribution < -0.4 is 5.32 Å². The van der Waals surface area contributed by atoms with Crippen LogP contribution in [0, 0.1) is 0 Å². The van der Waals surface area contributed by atoms with Gasteiger partial charge in [0.05, 0.1) is 6.42 Å². The molecule has 3 nitrogen and oxygen atoms in total. The van der Waals surface area contributed by atoms with Gasteiger partial charge in [-0.1, -0.05) is 24.3 Å². The van der Waals surface area contributed by atoms with E-state index in [1.54, 1.807) is 0 Å². The largest absolute Gasteiger partial charge is 0.616 e. The van der Waals surface area contributed by atoms with E-state index in [-0.39, 0.29) is 17.2 Å². The summed E-state index contributed by atoms with van der Waals surface area (Å²) in [4.78, 5) is 11.5. The third-order valence-electron chi connectivity index (χ3n) is 3.37. The molecule has 1 aliphatic carbocycles. The Morgan fingerprint density at radius 2 is 1.95 bits per heavy atom. The molecular weight excluding hydrogens is 258 g/mol. The fourth-order valence-electron chi connectivity index (χ4n) is 2.46. The first-order chi connectivity index (χ1) is 9.06. The van der Waals surface area contributed by atoms with Crippen LogP contribution in [0.25, 0.3) is 0 Å². The summed E-state index contributed by atoms with van der Waals surface area (Å²) >= 11 is -0.918. The zero-order valence-corrected chi connectivity index (χ0v) is 12.3. The van der Waals surface area contributed by atoms with Crippen molar-refractivity contribution in [1.29, 1.82) is 0 Å². The summed E-state index contributed by atoms with van der Waals surface area (Å²) in [6.07, 6.45) is 2.13. The standard InChI is InChI=1S/C15H21NO2S/c1-11(2)16-15(17)7-8-19(18)14-9-12-5-3-4-6-13(12)10-14/h3-6,11,14H,7-10H2,1-2H3,(H,16,17). The molecule has 1 aliphatic rings. The highest BCUT2D eigenvalue weighted by Gasteiger charge is 2.30. The van der Waals surface area contributed by atoms with Crippen molar-refractivity contribution < 1.29 is 9.35 Å². The molecule has 1 amide bonds. The van der Waals surface area contributed by atoms with E-state index in [1.807, 2.05) is 26.0 Å². The van der Waals surface area contributed by atoms with Gasteiger partial charge in [0.1, 0.15) is 11.0 Å². The maximum atomic E-state index is 12.2. The molecule has 0 aliphatic heterocycles. The number of fused-ring (bicyclic) bond motifs is 1. The quantitative estimate of drug-likeness (QED) is 0.836. The number of carbonyl (C=O) groups is 1. The second-order valence-electron chi connectivity index (χ2n) is 5.36. The van der Waals surface area contributed by atoms with Crippen molar-refractivity contribution in [2.75, 3.05) is 5.75 Å². The lowest BCUT2D eigenvalue weighted by Crippen LogP contribution is -2.33. The van der Waals surface area contributed by atoms with Crippen molar-refractivity contribution in [2.45, 2.75) is 44.4 Å². The molecule has 19 heavy (non-hydrogen) atoms. The first kappa shape index (κ1) is 14.4. The van der Waals surface area contributed by atoms with Crippen LogP contribution in [0.5, 0.6) is 0 Å². The highest BCUT2D eigenvalue weighted by molar-refractivity contribution is 7.92. The molecule has 104 valence electrons. The summed E-state index contributed by atoms with van der Waals surface area (Å²) in [5, 5.41) is 3.02. The SMILES string of the molecule is CC(C)NC(=O)CC[S+]([O-])C1Cc2ccccc2C1. The Labute approximate surface area is 118 Å².